The van der Waals surface area contributed by atoms with E-state index in [9.17, 15) is 9.59 Å². The van der Waals surface area contributed by atoms with Crippen LogP contribution in [-0.2, 0) is 29.0 Å². The van der Waals surface area contributed by atoms with E-state index in [2.05, 4.69) is 10.3 Å². The van der Waals surface area contributed by atoms with E-state index in [-0.39, 0.29) is 49.1 Å². The predicted octanol–water partition coefficient (Wildman–Crippen LogP) is 1.92. The summed E-state index contributed by atoms with van der Waals surface area (Å²) in [6.45, 7) is 4.22. The molecule has 3 N–H and O–H groups in total. The molecule has 0 unspecified atom stereocenters. The molecule has 144 valence electrons. The molecule has 1 aromatic heterocycles. The van der Waals surface area contributed by atoms with Gasteiger partial charge in [-0.05, 0) is 31.6 Å². The van der Waals surface area contributed by atoms with Crippen molar-refractivity contribution in [3.63, 3.8) is 0 Å². The van der Waals surface area contributed by atoms with Gasteiger partial charge in [-0.15, -0.1) is 36.2 Å². The summed E-state index contributed by atoms with van der Waals surface area (Å²) in [6.07, 6.45) is 4.58. The molecule has 0 radical (unpaired) electrons. The van der Waals surface area contributed by atoms with Gasteiger partial charge in [-0.25, -0.2) is 4.98 Å². The number of halogens is 2. The normalized spacial score (nSPS) is 14.0. The predicted molar refractivity (Wildman–Crippen MR) is 106 cm³/mol. The van der Waals surface area contributed by atoms with E-state index in [0.29, 0.717) is 6.54 Å². The number of nitrogens with one attached hydrogen (secondary N) is 1. The Morgan fingerprint density at radius 1 is 1.28 bits per heavy atom. The standard InChI is InChI=1S/C16H26N4O2S.2ClH/c1-10(2)15(17)16(22)18-8-14(21)20(3)9-13-19-11-6-4-5-7-12(11)23-13;;/h10,15H,4-9,17H2,1-3H3,(H,18,22);2*1H/t15-;;/m0../s1. The summed E-state index contributed by atoms with van der Waals surface area (Å²) in [7, 11) is 1.73. The number of amides is 2. The number of nitrogens with two attached hydrogens (primary N) is 1. The van der Waals surface area contributed by atoms with E-state index in [1.54, 1.807) is 23.3 Å². The first-order valence-corrected chi connectivity index (χ1v) is 8.95. The highest BCUT2D eigenvalue weighted by molar-refractivity contribution is 7.11. The molecule has 0 bridgehead atoms. The number of rotatable bonds is 6. The molecule has 2 amide bonds. The zero-order valence-corrected chi connectivity index (χ0v) is 17.4. The van der Waals surface area contributed by atoms with Crippen molar-refractivity contribution in [3.05, 3.63) is 15.6 Å². The maximum Gasteiger partial charge on any atom is 0.242 e. The van der Waals surface area contributed by atoms with Crippen molar-refractivity contribution in [1.82, 2.24) is 15.2 Å². The molecule has 1 atom stereocenters. The molecule has 0 fully saturated rings. The van der Waals surface area contributed by atoms with Gasteiger partial charge in [0.15, 0.2) is 0 Å². The van der Waals surface area contributed by atoms with Gasteiger partial charge in [0, 0.05) is 11.9 Å². The van der Waals surface area contributed by atoms with E-state index >= 15 is 0 Å². The molecule has 0 spiro atoms. The Hall–Kier alpha value is -0.890. The smallest absolute Gasteiger partial charge is 0.242 e. The van der Waals surface area contributed by atoms with Crippen molar-refractivity contribution < 1.29 is 9.59 Å². The van der Waals surface area contributed by atoms with Crippen LogP contribution in [0.2, 0.25) is 0 Å². The largest absolute Gasteiger partial charge is 0.346 e. The summed E-state index contributed by atoms with van der Waals surface area (Å²) in [5, 5.41) is 3.58. The Morgan fingerprint density at radius 2 is 1.92 bits per heavy atom. The number of nitrogens with zero attached hydrogens (tertiary/aromatic N) is 2. The van der Waals surface area contributed by atoms with E-state index in [4.69, 9.17) is 5.73 Å². The monoisotopic (exact) mass is 410 g/mol. The fourth-order valence-electron chi connectivity index (χ4n) is 2.48. The van der Waals surface area contributed by atoms with Crippen molar-refractivity contribution in [2.24, 2.45) is 11.7 Å². The summed E-state index contributed by atoms with van der Waals surface area (Å²) in [4.78, 5) is 31.5. The third-order valence-corrected chi connectivity index (χ3v) is 5.27. The number of aryl methyl sites for hydroxylation is 2. The van der Waals surface area contributed by atoms with E-state index in [1.165, 1.54) is 23.4 Å². The first-order valence-electron chi connectivity index (χ1n) is 8.13. The molecule has 0 saturated carbocycles. The Kier molecular flexibility index (Phi) is 10.6. The van der Waals surface area contributed by atoms with Crippen molar-refractivity contribution in [2.45, 2.75) is 52.1 Å². The van der Waals surface area contributed by atoms with Gasteiger partial charge in [-0.2, -0.15) is 0 Å². The van der Waals surface area contributed by atoms with E-state index in [1.807, 2.05) is 13.8 Å². The first kappa shape index (κ1) is 24.1. The van der Waals surface area contributed by atoms with Crippen LogP contribution in [0, 0.1) is 5.92 Å². The number of hydrogen-bond acceptors (Lipinski definition) is 5. The Labute approximate surface area is 165 Å². The number of hydrogen-bond donors (Lipinski definition) is 2. The van der Waals surface area contributed by atoms with Crippen LogP contribution in [0.3, 0.4) is 0 Å². The second-order valence-corrected chi connectivity index (χ2v) is 7.59. The highest BCUT2D eigenvalue weighted by Gasteiger charge is 2.20. The Morgan fingerprint density at radius 3 is 2.52 bits per heavy atom. The summed E-state index contributed by atoms with van der Waals surface area (Å²) in [6, 6.07) is -0.584. The highest BCUT2D eigenvalue weighted by atomic mass is 35.5. The van der Waals surface area contributed by atoms with Crippen molar-refractivity contribution in [1.29, 1.82) is 0 Å². The number of aromatic nitrogens is 1. The highest BCUT2D eigenvalue weighted by Crippen LogP contribution is 2.27. The Bertz CT molecular complexity index is 557. The quantitative estimate of drug-likeness (QED) is 0.749. The molecular formula is C16H28Cl2N4O2S. The van der Waals surface area contributed by atoms with Gasteiger partial charge in [0.2, 0.25) is 11.8 Å². The molecule has 25 heavy (non-hydrogen) atoms. The maximum absolute atomic E-state index is 12.1. The molecule has 1 aliphatic carbocycles. The second kappa shape index (κ2) is 11.0. The number of carbonyl (C=O) groups excluding carboxylic acids is 2. The van der Waals surface area contributed by atoms with E-state index in [0.717, 1.165) is 17.8 Å². The molecule has 1 aromatic rings. The average molecular weight is 411 g/mol. The van der Waals surface area contributed by atoms with Crippen LogP contribution < -0.4 is 11.1 Å². The molecule has 0 aliphatic heterocycles. The van der Waals surface area contributed by atoms with E-state index < -0.39 is 6.04 Å². The van der Waals surface area contributed by atoms with Gasteiger partial charge in [-0.3, -0.25) is 9.59 Å². The fourth-order valence-corrected chi connectivity index (χ4v) is 3.69. The second-order valence-electron chi connectivity index (χ2n) is 6.42. The summed E-state index contributed by atoms with van der Waals surface area (Å²) >= 11 is 1.70. The van der Waals surface area contributed by atoms with Crippen LogP contribution in [0.15, 0.2) is 0 Å². The van der Waals surface area contributed by atoms with Crippen molar-refractivity contribution >= 4 is 48.0 Å². The van der Waals surface area contributed by atoms with Gasteiger partial charge in [0.25, 0.3) is 0 Å². The van der Waals surface area contributed by atoms with Crippen LogP contribution in [0.5, 0.6) is 0 Å². The van der Waals surface area contributed by atoms with Gasteiger partial charge >= 0.3 is 0 Å². The molecule has 1 aliphatic rings. The minimum atomic E-state index is -0.584. The molecule has 0 aromatic carbocycles. The maximum atomic E-state index is 12.1. The lowest BCUT2D eigenvalue weighted by Crippen LogP contribution is -2.47. The summed E-state index contributed by atoms with van der Waals surface area (Å²) < 4.78 is 0. The van der Waals surface area contributed by atoms with Crippen molar-refractivity contribution in [3.8, 4) is 0 Å². The number of fused-ring (bicyclic) bond motifs is 1. The van der Waals surface area contributed by atoms with Gasteiger partial charge < -0.3 is 16.0 Å². The topological polar surface area (TPSA) is 88.3 Å². The van der Waals surface area contributed by atoms with Crippen LogP contribution in [0.25, 0.3) is 0 Å². The average Bonchev–Trinajstić information content (AvgIpc) is 2.93. The Balaban J connectivity index is 0.00000288. The molecule has 6 nitrogen and oxygen atoms in total. The molecule has 2 rings (SSSR count). The first-order chi connectivity index (χ1) is 10.9. The molecular weight excluding hydrogens is 383 g/mol. The van der Waals surface area contributed by atoms with Gasteiger partial charge in [-0.1, -0.05) is 13.8 Å². The lowest BCUT2D eigenvalue weighted by molar-refractivity contribution is -0.132. The minimum absolute atomic E-state index is 0. The molecule has 0 saturated heterocycles. The zero-order valence-electron chi connectivity index (χ0n) is 14.9. The number of thiazole rings is 1. The van der Waals surface area contributed by atoms with Crippen LogP contribution in [0.1, 0.15) is 42.3 Å². The zero-order chi connectivity index (χ0) is 17.0. The van der Waals surface area contributed by atoms with Crippen molar-refractivity contribution in [2.75, 3.05) is 13.6 Å². The summed E-state index contributed by atoms with van der Waals surface area (Å²) in [5.74, 6) is -0.376. The SMILES string of the molecule is CC(C)[C@H](N)C(=O)NCC(=O)N(C)Cc1nc2c(s1)CCCC2.Cl.Cl. The fraction of sp³-hybridized carbons (Fsp3) is 0.688. The lowest BCUT2D eigenvalue weighted by atomic mass is 10.0. The van der Waals surface area contributed by atoms with Crippen LogP contribution in [-0.4, -0.2) is 41.3 Å². The van der Waals surface area contributed by atoms with Crippen LogP contribution >= 0.6 is 36.2 Å². The van der Waals surface area contributed by atoms with Gasteiger partial charge in [0.1, 0.15) is 5.01 Å². The lowest BCUT2D eigenvalue weighted by Gasteiger charge is -2.18. The number of carbonyl (C=O) groups is 2. The molecule has 1 heterocycles. The third-order valence-electron chi connectivity index (χ3n) is 4.12. The van der Waals surface area contributed by atoms with Crippen LogP contribution in [0.4, 0.5) is 0 Å². The summed E-state index contributed by atoms with van der Waals surface area (Å²) in [5.41, 5.74) is 6.96. The third kappa shape index (κ3) is 6.73. The number of likely N-dealkylation sites (N-methyl/N-ethyl adjacent to an activating group) is 1. The van der Waals surface area contributed by atoms with Gasteiger partial charge in [0.05, 0.1) is 24.8 Å². The molecule has 9 heteroatoms. The minimum Gasteiger partial charge on any atom is -0.346 e.